The van der Waals surface area contributed by atoms with Gasteiger partial charge >= 0.3 is 6.03 Å². The van der Waals surface area contributed by atoms with Crippen molar-refractivity contribution in [2.75, 3.05) is 59.1 Å². The number of hydrogen-bond donors (Lipinski definition) is 0. The molecule has 11 heteroatoms. The van der Waals surface area contributed by atoms with Crippen molar-refractivity contribution in [2.45, 2.75) is 38.0 Å². The maximum absolute atomic E-state index is 13.6. The Labute approximate surface area is 232 Å². The summed E-state index contributed by atoms with van der Waals surface area (Å²) < 4.78 is 11.6. The van der Waals surface area contributed by atoms with Gasteiger partial charge in [-0.25, -0.2) is 9.78 Å². The van der Waals surface area contributed by atoms with E-state index in [4.69, 9.17) is 14.5 Å². The molecule has 1 unspecified atom stereocenters. The molecule has 3 fully saturated rings. The number of piperidine rings is 1. The van der Waals surface area contributed by atoms with E-state index in [9.17, 15) is 14.4 Å². The molecule has 11 nitrogen and oxygen atoms in total. The first kappa shape index (κ1) is 25.4. The minimum atomic E-state index is -0.246. The van der Waals surface area contributed by atoms with Gasteiger partial charge in [-0.05, 0) is 60.8 Å². The number of ether oxygens (including phenoxy) is 2. The van der Waals surface area contributed by atoms with Crippen molar-refractivity contribution in [1.82, 2.24) is 19.7 Å². The van der Waals surface area contributed by atoms with E-state index in [-0.39, 0.29) is 23.8 Å². The minimum Gasteiger partial charge on any atom is -0.477 e. The average Bonchev–Trinajstić information content (AvgIpc) is 3.65. The van der Waals surface area contributed by atoms with E-state index < -0.39 is 0 Å². The molecule has 0 bridgehead atoms. The standard InChI is InChI=1S/C29H34N6O5/c36-27-24-3-6-33(12-21(24)11-30-32-27)29(38)35-15-22-13-34(14-23(22)16-35)28(37)20-9-25(19-1-2-19)31-26(10-20)40-17-18-4-7-39-8-5-18/h9-11,18-19,24H,1-8,12-17H2. The molecule has 6 aliphatic rings. The summed E-state index contributed by atoms with van der Waals surface area (Å²) in [5.74, 6) is 0.926. The summed E-state index contributed by atoms with van der Waals surface area (Å²) in [6, 6.07) is 3.70. The maximum Gasteiger partial charge on any atom is 0.320 e. The fraction of sp³-hybridized carbons (Fsp3) is 0.586. The molecule has 1 aromatic rings. The third-order valence-corrected chi connectivity index (χ3v) is 8.91. The number of rotatable bonds is 5. The van der Waals surface area contributed by atoms with Crippen LogP contribution in [-0.2, 0) is 9.53 Å². The first-order valence-corrected chi connectivity index (χ1v) is 14.4. The number of carbonyl (C=O) groups excluding carboxylic acids is 3. The van der Waals surface area contributed by atoms with Gasteiger partial charge in [0.05, 0.1) is 18.7 Å². The van der Waals surface area contributed by atoms with Gasteiger partial charge in [0.15, 0.2) is 0 Å². The molecule has 1 aromatic heterocycles. The maximum atomic E-state index is 13.6. The lowest BCUT2D eigenvalue weighted by atomic mass is 9.91. The van der Waals surface area contributed by atoms with Crippen molar-refractivity contribution in [3.63, 3.8) is 0 Å². The Morgan fingerprint density at radius 2 is 1.68 bits per heavy atom. The first-order chi connectivity index (χ1) is 19.5. The van der Waals surface area contributed by atoms with E-state index >= 15 is 0 Å². The van der Waals surface area contributed by atoms with Crippen LogP contribution in [0, 0.1) is 11.8 Å². The summed E-state index contributed by atoms with van der Waals surface area (Å²) in [5.41, 5.74) is 4.72. The molecule has 4 amide bonds. The number of urea groups is 1. The summed E-state index contributed by atoms with van der Waals surface area (Å²) in [6.07, 6.45) is 6.37. The quantitative estimate of drug-likeness (QED) is 0.524. The van der Waals surface area contributed by atoms with E-state index in [1.54, 1.807) is 17.2 Å². The van der Waals surface area contributed by atoms with Crippen LogP contribution in [0.25, 0.3) is 0 Å². The molecule has 5 aliphatic heterocycles. The van der Waals surface area contributed by atoms with Gasteiger partial charge in [-0.3, -0.25) is 9.59 Å². The molecule has 6 heterocycles. The number of nitrogens with zero attached hydrogens (tertiary/aromatic N) is 6. The lowest BCUT2D eigenvalue weighted by Crippen LogP contribution is -2.48. The number of pyridine rings is 1. The van der Waals surface area contributed by atoms with Gasteiger partial charge in [0.25, 0.3) is 11.8 Å². The molecule has 1 saturated carbocycles. The second-order valence-corrected chi connectivity index (χ2v) is 11.8. The zero-order valence-corrected chi connectivity index (χ0v) is 22.6. The van der Waals surface area contributed by atoms with Gasteiger partial charge < -0.3 is 24.2 Å². The van der Waals surface area contributed by atoms with Crippen LogP contribution >= 0.6 is 0 Å². The topological polar surface area (TPSA) is 117 Å². The van der Waals surface area contributed by atoms with Gasteiger partial charge in [-0.2, -0.15) is 5.11 Å². The summed E-state index contributed by atoms with van der Waals surface area (Å²) in [7, 11) is 0. The summed E-state index contributed by atoms with van der Waals surface area (Å²) in [5, 5.41) is 7.42. The molecule has 2 saturated heterocycles. The van der Waals surface area contributed by atoms with Gasteiger partial charge in [-0.1, -0.05) is 0 Å². The van der Waals surface area contributed by atoms with Crippen LogP contribution in [0.2, 0.25) is 0 Å². The van der Waals surface area contributed by atoms with E-state index in [2.05, 4.69) is 10.2 Å². The van der Waals surface area contributed by atoms with Crippen LogP contribution in [0.5, 0.6) is 5.88 Å². The molecule has 1 aliphatic carbocycles. The SMILES string of the molecule is O=C1N=NC=C2CN(C(=O)N3CC4=C(CN(C(=O)c5cc(OCC6CCOCC6)nc(C6CC6)c5)C4)C3)CCC12. The largest absolute Gasteiger partial charge is 0.477 e. The van der Waals surface area contributed by atoms with Crippen LogP contribution in [0.4, 0.5) is 4.79 Å². The monoisotopic (exact) mass is 546 g/mol. The Balaban J connectivity index is 0.970. The summed E-state index contributed by atoms with van der Waals surface area (Å²) in [4.78, 5) is 49.1. The van der Waals surface area contributed by atoms with Crippen molar-refractivity contribution in [3.8, 4) is 5.88 Å². The van der Waals surface area contributed by atoms with E-state index in [0.29, 0.717) is 75.6 Å². The molecule has 0 spiro atoms. The average molecular weight is 547 g/mol. The number of hydrogen-bond acceptors (Lipinski definition) is 7. The fourth-order valence-electron chi connectivity index (χ4n) is 6.36. The molecule has 0 aromatic carbocycles. The number of azo groups is 1. The summed E-state index contributed by atoms with van der Waals surface area (Å²) in [6.45, 7) is 5.18. The van der Waals surface area contributed by atoms with E-state index in [1.165, 1.54) is 0 Å². The number of aromatic nitrogens is 1. The highest BCUT2D eigenvalue weighted by atomic mass is 16.5. The molecule has 40 heavy (non-hydrogen) atoms. The molecule has 7 rings (SSSR count). The molecular weight excluding hydrogens is 512 g/mol. The van der Waals surface area contributed by atoms with Gasteiger partial charge in [-0.15, -0.1) is 5.11 Å². The third kappa shape index (κ3) is 5.02. The third-order valence-electron chi connectivity index (χ3n) is 8.91. The zero-order chi connectivity index (χ0) is 27.2. The molecule has 0 radical (unpaired) electrons. The smallest absolute Gasteiger partial charge is 0.320 e. The zero-order valence-electron chi connectivity index (χ0n) is 22.6. The van der Waals surface area contributed by atoms with Crippen molar-refractivity contribution < 1.29 is 23.9 Å². The number of likely N-dealkylation sites (tertiary alicyclic amines) is 1. The Bertz CT molecular complexity index is 1310. The van der Waals surface area contributed by atoms with Crippen molar-refractivity contribution in [2.24, 2.45) is 22.1 Å². The van der Waals surface area contributed by atoms with Gasteiger partial charge in [0, 0.05) is 75.7 Å². The van der Waals surface area contributed by atoms with Crippen LogP contribution in [0.15, 0.2) is 45.3 Å². The van der Waals surface area contributed by atoms with Crippen molar-refractivity contribution >= 4 is 17.8 Å². The van der Waals surface area contributed by atoms with Crippen molar-refractivity contribution in [3.05, 3.63) is 46.3 Å². The highest BCUT2D eigenvalue weighted by Gasteiger charge is 2.39. The number of fused-ring (bicyclic) bond motifs is 1. The lowest BCUT2D eigenvalue weighted by Gasteiger charge is -2.36. The van der Waals surface area contributed by atoms with Crippen LogP contribution in [-0.4, -0.2) is 96.6 Å². The molecular formula is C29H34N6O5. The number of carbonyl (C=O) groups is 3. The molecule has 210 valence electrons. The molecule has 1 atom stereocenters. The van der Waals surface area contributed by atoms with E-state index in [0.717, 1.165) is 61.3 Å². The predicted molar refractivity (Wildman–Crippen MR) is 143 cm³/mol. The highest BCUT2D eigenvalue weighted by molar-refractivity contribution is 5.95. The Kier molecular flexibility index (Phi) is 6.61. The Hall–Kier alpha value is -3.60. The second kappa shape index (κ2) is 10.4. The summed E-state index contributed by atoms with van der Waals surface area (Å²) >= 11 is 0. The van der Waals surface area contributed by atoms with Gasteiger partial charge in [0.1, 0.15) is 0 Å². The Morgan fingerprint density at radius 1 is 0.925 bits per heavy atom. The first-order valence-electron chi connectivity index (χ1n) is 14.4. The minimum absolute atomic E-state index is 0.0161. The lowest BCUT2D eigenvalue weighted by molar-refractivity contribution is -0.122. The normalized spacial score (nSPS) is 24.8. The second-order valence-electron chi connectivity index (χ2n) is 11.8. The van der Waals surface area contributed by atoms with Crippen LogP contribution in [0.1, 0.15) is 54.1 Å². The highest BCUT2D eigenvalue weighted by Crippen LogP contribution is 2.40. The predicted octanol–water partition coefficient (Wildman–Crippen LogP) is 3.15. The molecule has 0 N–H and O–H groups in total. The number of amides is 4. The van der Waals surface area contributed by atoms with Crippen LogP contribution < -0.4 is 4.74 Å². The van der Waals surface area contributed by atoms with Crippen LogP contribution in [0.3, 0.4) is 0 Å². The van der Waals surface area contributed by atoms with E-state index in [1.807, 2.05) is 15.9 Å². The van der Waals surface area contributed by atoms with Gasteiger partial charge in [0.2, 0.25) is 5.88 Å². The Morgan fingerprint density at radius 3 is 2.42 bits per heavy atom. The fourth-order valence-corrected chi connectivity index (χ4v) is 6.36. The van der Waals surface area contributed by atoms with Crippen molar-refractivity contribution in [1.29, 1.82) is 0 Å².